The molecule has 0 aromatic rings. The first-order valence-electron chi connectivity index (χ1n) is 5.82. The summed E-state index contributed by atoms with van der Waals surface area (Å²) in [7, 11) is -3.16. The van der Waals surface area contributed by atoms with Gasteiger partial charge in [0, 0.05) is 25.7 Å². The largest absolute Gasteiger partial charge is 0.377 e. The molecule has 96 valence electrons. The fraction of sp³-hybridized carbons (Fsp3) is 1.00. The summed E-state index contributed by atoms with van der Waals surface area (Å²) in [6.45, 7) is 5.63. The highest BCUT2D eigenvalue weighted by molar-refractivity contribution is 7.89. The summed E-state index contributed by atoms with van der Waals surface area (Å²) < 4.78 is 31.1. The second-order valence-corrected chi connectivity index (χ2v) is 6.34. The first kappa shape index (κ1) is 13.9. The number of rotatable bonds is 7. The minimum absolute atomic E-state index is 0.0628. The number of hydrogen-bond donors (Lipinski definition) is 2. The van der Waals surface area contributed by atoms with E-state index in [9.17, 15) is 8.42 Å². The number of sulfonamides is 1. The quantitative estimate of drug-likeness (QED) is 0.671. The van der Waals surface area contributed by atoms with Crippen LogP contribution in [0.1, 0.15) is 26.7 Å². The van der Waals surface area contributed by atoms with E-state index < -0.39 is 10.0 Å². The van der Waals surface area contributed by atoms with Crippen LogP contribution in [0.25, 0.3) is 0 Å². The van der Waals surface area contributed by atoms with Crippen LogP contribution < -0.4 is 10.0 Å². The molecule has 1 rings (SSSR count). The molecule has 0 aromatic carbocycles. The van der Waals surface area contributed by atoms with Crippen LogP contribution in [0.3, 0.4) is 0 Å². The molecule has 2 N–H and O–H groups in total. The fourth-order valence-corrected chi connectivity index (χ4v) is 2.55. The van der Waals surface area contributed by atoms with Crippen LogP contribution in [0, 0.1) is 0 Å². The van der Waals surface area contributed by atoms with Crippen LogP contribution in [-0.2, 0) is 14.8 Å². The molecule has 1 heterocycles. The van der Waals surface area contributed by atoms with Crippen molar-refractivity contribution >= 4 is 10.0 Å². The maximum absolute atomic E-state index is 11.6. The molecule has 1 aliphatic heterocycles. The molecule has 0 aromatic heterocycles. The minimum Gasteiger partial charge on any atom is -0.377 e. The Bertz CT molecular complexity index is 284. The van der Waals surface area contributed by atoms with Crippen molar-refractivity contribution in [3.8, 4) is 0 Å². The van der Waals surface area contributed by atoms with Gasteiger partial charge in [0.15, 0.2) is 0 Å². The maximum Gasteiger partial charge on any atom is 0.212 e. The predicted octanol–water partition coefficient (Wildman–Crippen LogP) is 0.0828. The molecule has 5 nitrogen and oxygen atoms in total. The van der Waals surface area contributed by atoms with Gasteiger partial charge in [0.05, 0.1) is 11.9 Å². The third-order valence-corrected chi connectivity index (χ3v) is 3.83. The summed E-state index contributed by atoms with van der Waals surface area (Å²) in [5.41, 5.74) is 0. The van der Waals surface area contributed by atoms with Gasteiger partial charge in [0.2, 0.25) is 10.0 Å². The number of hydrogen-bond acceptors (Lipinski definition) is 4. The zero-order valence-electron chi connectivity index (χ0n) is 10.0. The highest BCUT2D eigenvalue weighted by Crippen LogP contribution is 2.10. The maximum atomic E-state index is 11.6. The van der Waals surface area contributed by atoms with E-state index in [1.165, 1.54) is 0 Å². The van der Waals surface area contributed by atoms with Gasteiger partial charge >= 0.3 is 0 Å². The van der Waals surface area contributed by atoms with Crippen LogP contribution in [0.5, 0.6) is 0 Å². The molecular formula is C10H22N2O3S. The zero-order chi connectivity index (χ0) is 12.0. The highest BCUT2D eigenvalue weighted by atomic mass is 32.2. The summed E-state index contributed by atoms with van der Waals surface area (Å²) in [5, 5.41) is 3.08. The molecular weight excluding hydrogens is 228 g/mol. The molecule has 1 saturated heterocycles. The number of ether oxygens (including phenoxy) is 1. The summed E-state index contributed by atoms with van der Waals surface area (Å²) in [5.74, 6) is 0.123. The molecule has 1 fully saturated rings. The molecule has 1 unspecified atom stereocenters. The molecule has 1 aliphatic rings. The van der Waals surface area contributed by atoms with E-state index in [0.29, 0.717) is 19.1 Å². The molecule has 6 heteroatoms. The molecule has 1 atom stereocenters. The van der Waals surface area contributed by atoms with Crippen LogP contribution >= 0.6 is 0 Å². The lowest BCUT2D eigenvalue weighted by molar-refractivity contribution is 0.114. The summed E-state index contributed by atoms with van der Waals surface area (Å²) >= 11 is 0. The lowest BCUT2D eigenvalue weighted by Gasteiger charge is -2.12. The normalized spacial score (nSPS) is 21.8. The van der Waals surface area contributed by atoms with Crippen molar-refractivity contribution in [2.24, 2.45) is 0 Å². The molecule has 16 heavy (non-hydrogen) atoms. The Morgan fingerprint density at radius 1 is 1.44 bits per heavy atom. The fourth-order valence-electron chi connectivity index (χ4n) is 1.58. The van der Waals surface area contributed by atoms with Crippen molar-refractivity contribution in [2.45, 2.75) is 38.8 Å². The van der Waals surface area contributed by atoms with Crippen molar-refractivity contribution in [3.05, 3.63) is 0 Å². The van der Waals surface area contributed by atoms with Crippen molar-refractivity contribution < 1.29 is 13.2 Å². The summed E-state index contributed by atoms with van der Waals surface area (Å²) in [6.07, 6.45) is 2.04. The summed E-state index contributed by atoms with van der Waals surface area (Å²) in [4.78, 5) is 0. The van der Waals surface area contributed by atoms with Gasteiger partial charge in [-0.2, -0.15) is 0 Å². The van der Waals surface area contributed by atoms with Crippen molar-refractivity contribution in [2.75, 3.05) is 25.4 Å². The third-order valence-electron chi connectivity index (χ3n) is 2.48. The van der Waals surface area contributed by atoms with Gasteiger partial charge in [0.1, 0.15) is 0 Å². The van der Waals surface area contributed by atoms with E-state index in [1.54, 1.807) is 0 Å². The van der Waals surface area contributed by atoms with Crippen molar-refractivity contribution in [3.63, 3.8) is 0 Å². The standard InChI is InChI=1S/C10H22N2O3S/c1-9(2)11-5-7-16(13,14)12-8-10-4-3-6-15-10/h9-12H,3-8H2,1-2H3. The van der Waals surface area contributed by atoms with Gasteiger partial charge in [-0.15, -0.1) is 0 Å². The minimum atomic E-state index is -3.16. The third kappa shape index (κ3) is 5.79. The lowest BCUT2D eigenvalue weighted by atomic mass is 10.2. The Kier molecular flexibility index (Phi) is 5.68. The number of nitrogens with one attached hydrogen (secondary N) is 2. The van der Waals surface area contributed by atoms with E-state index >= 15 is 0 Å². The Hall–Kier alpha value is -0.170. The molecule has 0 aliphatic carbocycles. The van der Waals surface area contributed by atoms with Gasteiger partial charge in [-0.25, -0.2) is 13.1 Å². The molecule has 0 spiro atoms. The average molecular weight is 250 g/mol. The van der Waals surface area contributed by atoms with Crippen molar-refractivity contribution in [1.82, 2.24) is 10.0 Å². The van der Waals surface area contributed by atoms with Gasteiger partial charge in [-0.3, -0.25) is 0 Å². The Labute approximate surface area is 98.0 Å². The van der Waals surface area contributed by atoms with Crippen LogP contribution in [-0.4, -0.2) is 46.0 Å². The second kappa shape index (κ2) is 6.54. The zero-order valence-corrected chi connectivity index (χ0v) is 10.8. The van der Waals surface area contributed by atoms with Gasteiger partial charge in [-0.05, 0) is 12.8 Å². The average Bonchev–Trinajstić information content (AvgIpc) is 2.66. The molecule has 0 amide bonds. The highest BCUT2D eigenvalue weighted by Gasteiger charge is 2.18. The van der Waals surface area contributed by atoms with Crippen LogP contribution in [0.2, 0.25) is 0 Å². The van der Waals surface area contributed by atoms with E-state index in [1.807, 2.05) is 13.8 Å². The Morgan fingerprint density at radius 3 is 2.75 bits per heavy atom. The topological polar surface area (TPSA) is 67.4 Å². The SMILES string of the molecule is CC(C)NCCS(=O)(=O)NCC1CCCO1. The first-order chi connectivity index (χ1) is 7.49. The van der Waals surface area contributed by atoms with E-state index in [0.717, 1.165) is 19.4 Å². The van der Waals surface area contributed by atoms with Gasteiger partial charge in [-0.1, -0.05) is 13.8 Å². The van der Waals surface area contributed by atoms with E-state index in [2.05, 4.69) is 10.0 Å². The lowest BCUT2D eigenvalue weighted by Crippen LogP contribution is -2.37. The second-order valence-electron chi connectivity index (χ2n) is 4.41. The summed E-state index contributed by atoms with van der Waals surface area (Å²) in [6, 6.07) is 0.313. The molecule has 0 saturated carbocycles. The predicted molar refractivity (Wildman–Crippen MR) is 63.9 cm³/mol. The van der Waals surface area contributed by atoms with Gasteiger partial charge < -0.3 is 10.1 Å². The van der Waals surface area contributed by atoms with E-state index in [-0.39, 0.29) is 11.9 Å². The Morgan fingerprint density at radius 2 is 2.19 bits per heavy atom. The van der Waals surface area contributed by atoms with Gasteiger partial charge in [0.25, 0.3) is 0 Å². The Balaban J connectivity index is 2.17. The smallest absolute Gasteiger partial charge is 0.212 e. The van der Waals surface area contributed by atoms with Crippen molar-refractivity contribution in [1.29, 1.82) is 0 Å². The van der Waals surface area contributed by atoms with E-state index in [4.69, 9.17) is 4.74 Å². The first-order valence-corrected chi connectivity index (χ1v) is 7.47. The van der Waals surface area contributed by atoms with Crippen LogP contribution in [0.4, 0.5) is 0 Å². The molecule has 0 bridgehead atoms. The van der Waals surface area contributed by atoms with Crippen LogP contribution in [0.15, 0.2) is 0 Å². The monoisotopic (exact) mass is 250 g/mol. The molecule has 0 radical (unpaired) electrons.